The van der Waals surface area contributed by atoms with Gasteiger partial charge in [-0.2, -0.15) is 0 Å². The zero-order valence-corrected chi connectivity index (χ0v) is 16.1. The smallest absolute Gasteiger partial charge is 0.243 e. The van der Waals surface area contributed by atoms with Gasteiger partial charge in [-0.15, -0.1) is 0 Å². The van der Waals surface area contributed by atoms with E-state index in [0.29, 0.717) is 5.02 Å². The van der Waals surface area contributed by atoms with Crippen LogP contribution in [0.15, 0.2) is 42.5 Å². The summed E-state index contributed by atoms with van der Waals surface area (Å²) >= 11 is 5.94. The van der Waals surface area contributed by atoms with Crippen molar-refractivity contribution in [2.75, 3.05) is 35.2 Å². The lowest BCUT2D eigenvalue weighted by molar-refractivity contribution is -0.114. The van der Waals surface area contributed by atoms with Crippen molar-refractivity contribution in [1.82, 2.24) is 0 Å². The predicted molar refractivity (Wildman–Crippen MR) is 110 cm³/mol. The van der Waals surface area contributed by atoms with Crippen molar-refractivity contribution in [3.05, 3.63) is 53.1 Å². The molecule has 0 bridgehead atoms. The molecule has 0 aliphatic carbocycles. The minimum Gasteiger partial charge on any atom is -0.376 e. The van der Waals surface area contributed by atoms with Crippen molar-refractivity contribution in [2.24, 2.45) is 5.92 Å². The minimum atomic E-state index is -0.0792. The largest absolute Gasteiger partial charge is 0.376 e. The number of halogens is 1. The van der Waals surface area contributed by atoms with E-state index in [1.165, 1.54) is 18.5 Å². The summed E-state index contributed by atoms with van der Waals surface area (Å²) in [4.78, 5) is 14.6. The zero-order valence-electron chi connectivity index (χ0n) is 15.4. The zero-order chi connectivity index (χ0) is 18.5. The van der Waals surface area contributed by atoms with Crippen LogP contribution in [0.5, 0.6) is 0 Å². The van der Waals surface area contributed by atoms with E-state index in [1.807, 2.05) is 31.2 Å². The van der Waals surface area contributed by atoms with Gasteiger partial charge in [0.1, 0.15) is 0 Å². The fourth-order valence-electron chi connectivity index (χ4n) is 3.20. The van der Waals surface area contributed by atoms with Crippen molar-refractivity contribution in [2.45, 2.75) is 26.7 Å². The number of piperidine rings is 1. The Kier molecular flexibility index (Phi) is 6.04. The lowest BCUT2D eigenvalue weighted by Crippen LogP contribution is -2.32. The summed E-state index contributed by atoms with van der Waals surface area (Å²) in [6.07, 6.45) is 2.51. The molecule has 2 aromatic rings. The number of hydrogen-bond acceptors (Lipinski definition) is 3. The van der Waals surface area contributed by atoms with E-state index >= 15 is 0 Å². The number of benzene rings is 2. The van der Waals surface area contributed by atoms with Gasteiger partial charge < -0.3 is 15.5 Å². The topological polar surface area (TPSA) is 44.4 Å². The summed E-state index contributed by atoms with van der Waals surface area (Å²) in [7, 11) is 0. The van der Waals surface area contributed by atoms with Crippen LogP contribution in [0.4, 0.5) is 17.1 Å². The van der Waals surface area contributed by atoms with Crippen LogP contribution in [0, 0.1) is 12.8 Å². The maximum atomic E-state index is 12.2. The monoisotopic (exact) mass is 371 g/mol. The number of amides is 1. The summed E-state index contributed by atoms with van der Waals surface area (Å²) < 4.78 is 0. The molecule has 5 heteroatoms. The Bertz CT molecular complexity index is 752. The van der Waals surface area contributed by atoms with Crippen LogP contribution >= 0.6 is 11.6 Å². The van der Waals surface area contributed by atoms with Crippen LogP contribution in [0.1, 0.15) is 25.3 Å². The van der Waals surface area contributed by atoms with Crippen LogP contribution in [-0.2, 0) is 4.79 Å². The quantitative estimate of drug-likeness (QED) is 0.782. The molecule has 0 radical (unpaired) electrons. The number of nitrogens with one attached hydrogen (secondary N) is 2. The van der Waals surface area contributed by atoms with Gasteiger partial charge in [-0.3, -0.25) is 4.79 Å². The second kappa shape index (κ2) is 8.45. The molecule has 2 N–H and O–H groups in total. The number of rotatable bonds is 5. The lowest BCUT2D eigenvalue weighted by atomic mass is 9.99. The van der Waals surface area contributed by atoms with Gasteiger partial charge >= 0.3 is 0 Å². The first-order valence-electron chi connectivity index (χ1n) is 9.16. The second-order valence-electron chi connectivity index (χ2n) is 7.08. The number of aryl methyl sites for hydroxylation is 1. The first-order chi connectivity index (χ1) is 12.5. The molecule has 2 aromatic carbocycles. The maximum absolute atomic E-state index is 12.2. The fourth-order valence-corrected chi connectivity index (χ4v) is 3.43. The van der Waals surface area contributed by atoms with E-state index in [1.54, 1.807) is 6.07 Å². The van der Waals surface area contributed by atoms with Crippen molar-refractivity contribution in [1.29, 1.82) is 0 Å². The summed E-state index contributed by atoms with van der Waals surface area (Å²) in [5, 5.41) is 6.75. The average molecular weight is 372 g/mol. The molecule has 0 atom stereocenters. The third kappa shape index (κ3) is 4.92. The van der Waals surface area contributed by atoms with Crippen LogP contribution in [0.2, 0.25) is 5.02 Å². The molecular formula is C21H26ClN3O. The molecule has 4 nitrogen and oxygen atoms in total. The molecule has 0 unspecified atom stereocenters. The van der Waals surface area contributed by atoms with Gasteiger partial charge in [0.15, 0.2) is 0 Å². The molecule has 138 valence electrons. The van der Waals surface area contributed by atoms with E-state index in [-0.39, 0.29) is 12.5 Å². The molecular weight excluding hydrogens is 346 g/mol. The maximum Gasteiger partial charge on any atom is 0.243 e. The predicted octanol–water partition coefficient (Wildman–Crippen LogP) is 4.94. The van der Waals surface area contributed by atoms with E-state index in [4.69, 9.17) is 11.6 Å². The Morgan fingerprint density at radius 3 is 2.50 bits per heavy atom. The number of hydrogen-bond donors (Lipinski definition) is 2. The van der Waals surface area contributed by atoms with Crippen LogP contribution in [0.25, 0.3) is 0 Å². The summed E-state index contributed by atoms with van der Waals surface area (Å²) in [6, 6.07) is 13.8. The molecule has 1 heterocycles. The minimum absolute atomic E-state index is 0.0792. The van der Waals surface area contributed by atoms with Gasteiger partial charge in [-0.1, -0.05) is 18.5 Å². The van der Waals surface area contributed by atoms with Gasteiger partial charge in [0.25, 0.3) is 0 Å². The van der Waals surface area contributed by atoms with Gasteiger partial charge in [0.2, 0.25) is 5.91 Å². The second-order valence-corrected chi connectivity index (χ2v) is 7.51. The summed E-state index contributed by atoms with van der Waals surface area (Å²) in [6.45, 7) is 6.71. The highest BCUT2D eigenvalue weighted by atomic mass is 35.5. The Morgan fingerprint density at radius 1 is 1.15 bits per heavy atom. The molecule has 0 saturated carbocycles. The SMILES string of the molecule is Cc1cc(Cl)ccc1NC(=O)CNc1ccc(N2CCC(C)CC2)cc1. The lowest BCUT2D eigenvalue weighted by Gasteiger charge is -2.32. The molecule has 0 spiro atoms. The summed E-state index contributed by atoms with van der Waals surface area (Å²) in [5.74, 6) is 0.750. The Labute approximate surface area is 160 Å². The van der Waals surface area contributed by atoms with E-state index < -0.39 is 0 Å². The van der Waals surface area contributed by atoms with Crippen molar-refractivity contribution in [3.63, 3.8) is 0 Å². The first kappa shape index (κ1) is 18.6. The summed E-state index contributed by atoms with van der Waals surface area (Å²) in [5.41, 5.74) is 3.94. The third-order valence-corrected chi connectivity index (χ3v) is 5.17. The van der Waals surface area contributed by atoms with Crippen molar-refractivity contribution >= 4 is 34.6 Å². The molecule has 1 aliphatic rings. The number of anilines is 3. The number of carbonyl (C=O) groups excluding carboxylic acids is 1. The molecule has 1 saturated heterocycles. The number of nitrogens with zero attached hydrogens (tertiary/aromatic N) is 1. The van der Waals surface area contributed by atoms with Crippen LogP contribution in [0.3, 0.4) is 0 Å². The highest BCUT2D eigenvalue weighted by molar-refractivity contribution is 6.30. The third-order valence-electron chi connectivity index (χ3n) is 4.93. The van der Waals surface area contributed by atoms with Crippen LogP contribution < -0.4 is 15.5 Å². The van der Waals surface area contributed by atoms with Gasteiger partial charge in [-0.25, -0.2) is 0 Å². The fraction of sp³-hybridized carbons (Fsp3) is 0.381. The van der Waals surface area contributed by atoms with Gasteiger partial charge in [0, 0.05) is 35.2 Å². The molecule has 1 aliphatic heterocycles. The first-order valence-corrected chi connectivity index (χ1v) is 9.54. The molecule has 1 amide bonds. The average Bonchev–Trinajstić information content (AvgIpc) is 2.63. The van der Waals surface area contributed by atoms with Gasteiger partial charge in [0.05, 0.1) is 6.54 Å². The molecule has 1 fully saturated rings. The van der Waals surface area contributed by atoms with Gasteiger partial charge in [-0.05, 0) is 73.7 Å². The van der Waals surface area contributed by atoms with E-state index in [2.05, 4.69) is 34.6 Å². The highest BCUT2D eigenvalue weighted by Gasteiger charge is 2.15. The highest BCUT2D eigenvalue weighted by Crippen LogP contribution is 2.24. The van der Waals surface area contributed by atoms with E-state index in [9.17, 15) is 4.79 Å². The normalized spacial score (nSPS) is 15.0. The molecule has 0 aromatic heterocycles. The van der Waals surface area contributed by atoms with Crippen molar-refractivity contribution < 1.29 is 4.79 Å². The number of carbonyl (C=O) groups is 1. The Balaban J connectivity index is 1.50. The Morgan fingerprint density at radius 2 is 1.85 bits per heavy atom. The molecule has 26 heavy (non-hydrogen) atoms. The van der Waals surface area contributed by atoms with E-state index in [0.717, 1.165) is 35.9 Å². The molecule has 3 rings (SSSR count). The standard InChI is InChI=1S/C21H26ClN3O/c1-15-9-11-25(12-10-15)19-6-4-18(5-7-19)23-14-21(26)24-20-8-3-17(22)13-16(20)2/h3-8,13,15,23H,9-12,14H2,1-2H3,(H,24,26). The van der Waals surface area contributed by atoms with Crippen molar-refractivity contribution in [3.8, 4) is 0 Å². The van der Waals surface area contributed by atoms with Crippen LogP contribution in [-0.4, -0.2) is 25.5 Å². The Hall–Kier alpha value is -2.20.